The molecule has 3 rings (SSSR count). The summed E-state index contributed by atoms with van der Waals surface area (Å²) in [5, 5.41) is 0. The van der Waals surface area contributed by atoms with Crippen LogP contribution in [0.5, 0.6) is 0 Å². The second kappa shape index (κ2) is 6.18. The Labute approximate surface area is 130 Å². The fourth-order valence-corrected chi connectivity index (χ4v) is 2.80. The standard InChI is InChI=1S/C18H19FN2O/c1-14-5-4-6-15(13-14)20-9-11-21(12-10-20)18(22)16-7-2-3-8-17(16)19/h2-8,13H,9-12H2,1H3. The van der Waals surface area contributed by atoms with Crippen molar-refractivity contribution in [2.75, 3.05) is 31.1 Å². The second-order valence-electron chi connectivity index (χ2n) is 5.60. The first-order valence-electron chi connectivity index (χ1n) is 7.50. The van der Waals surface area contributed by atoms with Gasteiger partial charge in [0.05, 0.1) is 5.56 Å². The number of hydrogen-bond acceptors (Lipinski definition) is 2. The van der Waals surface area contributed by atoms with E-state index in [9.17, 15) is 9.18 Å². The highest BCUT2D eigenvalue weighted by atomic mass is 19.1. The summed E-state index contributed by atoms with van der Waals surface area (Å²) in [6, 6.07) is 14.5. The maximum atomic E-state index is 13.7. The summed E-state index contributed by atoms with van der Waals surface area (Å²) in [4.78, 5) is 16.4. The molecule has 1 aliphatic heterocycles. The Morgan fingerprint density at radius 3 is 2.41 bits per heavy atom. The molecule has 0 radical (unpaired) electrons. The Morgan fingerprint density at radius 2 is 1.73 bits per heavy atom. The van der Waals surface area contributed by atoms with Crippen molar-refractivity contribution in [3.8, 4) is 0 Å². The summed E-state index contributed by atoms with van der Waals surface area (Å²) >= 11 is 0. The molecule has 22 heavy (non-hydrogen) atoms. The van der Waals surface area contributed by atoms with Crippen LogP contribution in [0.25, 0.3) is 0 Å². The number of benzene rings is 2. The number of rotatable bonds is 2. The molecule has 0 atom stereocenters. The number of carbonyl (C=O) groups is 1. The van der Waals surface area contributed by atoms with Crippen LogP contribution in [-0.2, 0) is 0 Å². The summed E-state index contributed by atoms with van der Waals surface area (Å²) in [6.45, 7) is 4.83. The topological polar surface area (TPSA) is 23.6 Å². The summed E-state index contributed by atoms with van der Waals surface area (Å²) in [5.74, 6) is -0.671. The Balaban J connectivity index is 1.67. The van der Waals surface area contributed by atoms with Crippen molar-refractivity contribution in [1.29, 1.82) is 0 Å². The van der Waals surface area contributed by atoms with Crippen molar-refractivity contribution >= 4 is 11.6 Å². The molecular weight excluding hydrogens is 279 g/mol. The van der Waals surface area contributed by atoms with Gasteiger partial charge in [0.25, 0.3) is 5.91 Å². The molecule has 4 heteroatoms. The summed E-state index contributed by atoms with van der Waals surface area (Å²) < 4.78 is 13.7. The second-order valence-corrected chi connectivity index (χ2v) is 5.60. The number of halogens is 1. The summed E-state index contributed by atoms with van der Waals surface area (Å²) in [5.41, 5.74) is 2.56. The normalized spacial score (nSPS) is 15.0. The summed E-state index contributed by atoms with van der Waals surface area (Å²) in [7, 11) is 0. The molecule has 2 aromatic carbocycles. The first kappa shape index (κ1) is 14.6. The highest BCUT2D eigenvalue weighted by Crippen LogP contribution is 2.19. The highest BCUT2D eigenvalue weighted by molar-refractivity contribution is 5.94. The van der Waals surface area contributed by atoms with E-state index in [4.69, 9.17) is 0 Å². The van der Waals surface area contributed by atoms with Gasteiger partial charge in [0, 0.05) is 31.9 Å². The van der Waals surface area contributed by atoms with Crippen LogP contribution >= 0.6 is 0 Å². The Morgan fingerprint density at radius 1 is 1.00 bits per heavy atom. The molecule has 1 amide bonds. The van der Waals surface area contributed by atoms with Gasteiger partial charge in [0.15, 0.2) is 0 Å². The van der Waals surface area contributed by atoms with E-state index in [0.717, 1.165) is 13.1 Å². The molecule has 0 spiro atoms. The predicted octanol–water partition coefficient (Wildman–Crippen LogP) is 3.10. The Hall–Kier alpha value is -2.36. The zero-order valence-corrected chi connectivity index (χ0v) is 12.6. The van der Waals surface area contributed by atoms with E-state index in [1.807, 2.05) is 6.07 Å². The average molecular weight is 298 g/mol. The van der Waals surface area contributed by atoms with Crippen molar-refractivity contribution in [3.05, 3.63) is 65.5 Å². The lowest BCUT2D eigenvalue weighted by Crippen LogP contribution is -2.49. The lowest BCUT2D eigenvalue weighted by atomic mass is 10.1. The quantitative estimate of drug-likeness (QED) is 0.850. The first-order chi connectivity index (χ1) is 10.6. The van der Waals surface area contributed by atoms with Crippen molar-refractivity contribution in [2.45, 2.75) is 6.92 Å². The SMILES string of the molecule is Cc1cccc(N2CCN(C(=O)c3ccccc3F)CC2)c1. The fourth-order valence-electron chi connectivity index (χ4n) is 2.80. The minimum Gasteiger partial charge on any atom is -0.368 e. The van der Waals surface area contributed by atoms with Crippen molar-refractivity contribution < 1.29 is 9.18 Å². The minimum atomic E-state index is -0.450. The molecule has 1 saturated heterocycles. The van der Waals surface area contributed by atoms with Gasteiger partial charge in [0.2, 0.25) is 0 Å². The van der Waals surface area contributed by atoms with Crippen LogP contribution in [0.2, 0.25) is 0 Å². The number of piperazine rings is 1. The van der Waals surface area contributed by atoms with Crippen LogP contribution in [0.4, 0.5) is 10.1 Å². The maximum Gasteiger partial charge on any atom is 0.256 e. The molecule has 0 saturated carbocycles. The van der Waals surface area contributed by atoms with Gasteiger partial charge < -0.3 is 9.80 Å². The number of nitrogens with zero attached hydrogens (tertiary/aromatic N) is 2. The fraction of sp³-hybridized carbons (Fsp3) is 0.278. The molecule has 1 aliphatic rings. The van der Waals surface area contributed by atoms with E-state index in [2.05, 4.69) is 30.0 Å². The monoisotopic (exact) mass is 298 g/mol. The largest absolute Gasteiger partial charge is 0.368 e. The van der Waals surface area contributed by atoms with Crippen molar-refractivity contribution in [3.63, 3.8) is 0 Å². The van der Waals surface area contributed by atoms with Crippen LogP contribution in [0.1, 0.15) is 15.9 Å². The first-order valence-corrected chi connectivity index (χ1v) is 7.50. The van der Waals surface area contributed by atoms with Gasteiger partial charge in [-0.1, -0.05) is 24.3 Å². The smallest absolute Gasteiger partial charge is 0.256 e. The average Bonchev–Trinajstić information content (AvgIpc) is 2.55. The van der Waals surface area contributed by atoms with Gasteiger partial charge in [-0.15, -0.1) is 0 Å². The van der Waals surface area contributed by atoms with Gasteiger partial charge in [-0.3, -0.25) is 4.79 Å². The van der Waals surface area contributed by atoms with Crippen LogP contribution in [0, 0.1) is 12.7 Å². The minimum absolute atomic E-state index is 0.159. The third-order valence-corrected chi connectivity index (χ3v) is 4.04. The van der Waals surface area contributed by atoms with Gasteiger partial charge >= 0.3 is 0 Å². The molecule has 0 aliphatic carbocycles. The molecule has 0 N–H and O–H groups in total. The predicted molar refractivity (Wildman–Crippen MR) is 85.7 cm³/mol. The lowest BCUT2D eigenvalue weighted by Gasteiger charge is -2.36. The van der Waals surface area contributed by atoms with E-state index in [1.165, 1.54) is 17.3 Å². The van der Waals surface area contributed by atoms with Gasteiger partial charge in [-0.25, -0.2) is 4.39 Å². The molecule has 3 nitrogen and oxygen atoms in total. The van der Waals surface area contributed by atoms with Gasteiger partial charge in [0.1, 0.15) is 5.82 Å². The van der Waals surface area contributed by atoms with Gasteiger partial charge in [-0.05, 0) is 36.8 Å². The van der Waals surface area contributed by atoms with Crippen molar-refractivity contribution in [2.24, 2.45) is 0 Å². The molecule has 0 aromatic heterocycles. The third kappa shape index (κ3) is 2.96. The molecule has 1 heterocycles. The highest BCUT2D eigenvalue weighted by Gasteiger charge is 2.23. The Kier molecular flexibility index (Phi) is 4.09. The number of amides is 1. The van der Waals surface area contributed by atoms with Crippen LogP contribution < -0.4 is 4.90 Å². The van der Waals surface area contributed by atoms with E-state index in [1.54, 1.807) is 23.1 Å². The van der Waals surface area contributed by atoms with E-state index in [-0.39, 0.29) is 11.5 Å². The van der Waals surface area contributed by atoms with E-state index >= 15 is 0 Å². The number of hydrogen-bond donors (Lipinski definition) is 0. The van der Waals surface area contributed by atoms with E-state index in [0.29, 0.717) is 13.1 Å². The number of anilines is 1. The molecule has 0 unspecified atom stereocenters. The Bertz CT molecular complexity index is 678. The molecule has 114 valence electrons. The lowest BCUT2D eigenvalue weighted by molar-refractivity contribution is 0.0742. The van der Waals surface area contributed by atoms with Crippen LogP contribution in [0.3, 0.4) is 0 Å². The molecule has 1 fully saturated rings. The van der Waals surface area contributed by atoms with Gasteiger partial charge in [-0.2, -0.15) is 0 Å². The third-order valence-electron chi connectivity index (χ3n) is 4.04. The van der Waals surface area contributed by atoms with Crippen molar-refractivity contribution in [1.82, 2.24) is 4.90 Å². The number of aryl methyl sites for hydroxylation is 1. The van der Waals surface area contributed by atoms with Crippen LogP contribution in [0.15, 0.2) is 48.5 Å². The van der Waals surface area contributed by atoms with E-state index < -0.39 is 5.82 Å². The summed E-state index contributed by atoms with van der Waals surface area (Å²) in [6.07, 6.45) is 0. The number of carbonyl (C=O) groups excluding carboxylic acids is 1. The maximum absolute atomic E-state index is 13.7. The molecular formula is C18H19FN2O. The zero-order chi connectivity index (χ0) is 15.5. The van der Waals surface area contributed by atoms with Crippen LogP contribution in [-0.4, -0.2) is 37.0 Å². The molecule has 2 aromatic rings. The molecule has 0 bridgehead atoms. The zero-order valence-electron chi connectivity index (χ0n) is 12.6.